The van der Waals surface area contributed by atoms with E-state index in [1.54, 1.807) is 20.8 Å². The average Bonchev–Trinajstić information content (AvgIpc) is 3.30. The second-order valence-electron chi connectivity index (χ2n) is 8.14. The van der Waals surface area contributed by atoms with Crippen LogP contribution in [0.3, 0.4) is 0 Å². The molecule has 1 atom stereocenters. The van der Waals surface area contributed by atoms with E-state index in [2.05, 4.69) is 15.4 Å². The van der Waals surface area contributed by atoms with Crippen molar-refractivity contribution in [2.75, 3.05) is 7.05 Å². The second-order valence-corrected chi connectivity index (χ2v) is 9.96. The predicted molar refractivity (Wildman–Crippen MR) is 111 cm³/mol. The number of halogens is 2. The van der Waals surface area contributed by atoms with Gasteiger partial charge < -0.3 is 10.1 Å². The number of carbonyl (C=O) groups is 1. The molecule has 0 aliphatic rings. The maximum atomic E-state index is 15.8. The lowest BCUT2D eigenvalue weighted by molar-refractivity contribution is 0.0294. The van der Waals surface area contributed by atoms with Crippen molar-refractivity contribution in [3.8, 4) is 11.3 Å². The molecular weight excluding hydrogens is 444 g/mol. The Morgan fingerprint density at radius 2 is 1.94 bits per heavy atom. The van der Waals surface area contributed by atoms with E-state index in [1.165, 1.54) is 37.1 Å². The second kappa shape index (κ2) is 8.34. The molecule has 1 amide bonds. The fraction of sp³-hybridized carbons (Fsp3) is 0.350. The van der Waals surface area contributed by atoms with Gasteiger partial charge in [-0.15, -0.1) is 0 Å². The molecule has 0 saturated heterocycles. The first kappa shape index (κ1) is 23.4. The fourth-order valence-corrected chi connectivity index (χ4v) is 4.54. The topological polar surface area (TPSA) is 108 Å². The number of rotatable bonds is 5. The van der Waals surface area contributed by atoms with Gasteiger partial charge >= 0.3 is 6.09 Å². The van der Waals surface area contributed by atoms with Gasteiger partial charge in [0.05, 0.1) is 11.8 Å². The van der Waals surface area contributed by atoms with Gasteiger partial charge in [-0.05, 0) is 12.1 Å². The predicted octanol–water partition coefficient (Wildman–Crippen LogP) is 3.24. The highest BCUT2D eigenvalue weighted by Crippen LogP contribution is 2.42. The number of aromatic nitrogens is 4. The van der Waals surface area contributed by atoms with Crippen molar-refractivity contribution >= 4 is 16.1 Å². The van der Waals surface area contributed by atoms with Crippen molar-refractivity contribution in [2.24, 2.45) is 12.5 Å². The van der Waals surface area contributed by atoms with Crippen molar-refractivity contribution in [2.45, 2.75) is 31.8 Å². The Bertz CT molecular complexity index is 1260. The van der Waals surface area contributed by atoms with Crippen LogP contribution in [0, 0.1) is 17.2 Å². The molecule has 3 rings (SSSR count). The summed E-state index contributed by atoms with van der Waals surface area (Å²) in [6, 6.07) is 2.57. The first-order valence-corrected chi connectivity index (χ1v) is 11.0. The number of hydrogen-bond donors (Lipinski definition) is 1. The van der Waals surface area contributed by atoms with Crippen LogP contribution < -0.4 is 5.32 Å². The van der Waals surface area contributed by atoms with E-state index >= 15 is 4.39 Å². The zero-order valence-electron chi connectivity index (χ0n) is 18.1. The molecule has 0 bridgehead atoms. The number of hydrogen-bond acceptors (Lipinski definition) is 6. The number of amides is 1. The van der Waals surface area contributed by atoms with Crippen LogP contribution in [0.5, 0.6) is 0 Å². The van der Waals surface area contributed by atoms with E-state index < -0.39 is 45.1 Å². The number of ether oxygens (including phenoxy) is 1. The normalized spacial score (nSPS) is 13.1. The molecule has 1 unspecified atom stereocenters. The molecule has 0 spiro atoms. The first-order valence-electron chi connectivity index (χ1n) is 9.52. The molecule has 172 valence electrons. The lowest BCUT2D eigenvalue weighted by Gasteiger charge is -2.29. The van der Waals surface area contributed by atoms with Gasteiger partial charge in [-0.25, -0.2) is 26.6 Å². The maximum Gasteiger partial charge on any atom is 0.407 e. The number of carbonyl (C=O) groups excluding carboxylic acids is 1. The van der Waals surface area contributed by atoms with Crippen LogP contribution in [-0.4, -0.2) is 40.3 Å². The van der Waals surface area contributed by atoms with E-state index in [9.17, 15) is 17.6 Å². The Balaban J connectivity index is 2.34. The Morgan fingerprint density at radius 3 is 2.47 bits per heavy atom. The minimum absolute atomic E-state index is 0.230. The van der Waals surface area contributed by atoms with Crippen LogP contribution >= 0.6 is 0 Å². The average molecular weight is 467 g/mol. The molecular formula is C20H23F2N5O4S. The quantitative estimate of drug-likeness (QED) is 0.577. The largest absolute Gasteiger partial charge is 0.441 e. The molecule has 12 heteroatoms. The van der Waals surface area contributed by atoms with Crippen LogP contribution in [0.25, 0.3) is 11.3 Å². The van der Waals surface area contributed by atoms with Crippen LogP contribution in [-0.2, 0) is 21.8 Å². The summed E-state index contributed by atoms with van der Waals surface area (Å²) in [5.74, 6) is -2.11. The Hall–Kier alpha value is -3.28. The third-order valence-electron chi connectivity index (χ3n) is 4.69. The number of nitrogens with one attached hydrogen (secondary N) is 1. The summed E-state index contributed by atoms with van der Waals surface area (Å²) in [4.78, 5) is 15.2. The highest BCUT2D eigenvalue weighted by Gasteiger charge is 2.38. The molecule has 0 aromatic carbocycles. The molecule has 1 N–H and O–H groups in total. The highest BCUT2D eigenvalue weighted by molar-refractivity contribution is 7.90. The van der Waals surface area contributed by atoms with Crippen molar-refractivity contribution < 1.29 is 26.7 Å². The highest BCUT2D eigenvalue weighted by atomic mass is 32.2. The van der Waals surface area contributed by atoms with Gasteiger partial charge in [0.2, 0.25) is 5.95 Å². The maximum absolute atomic E-state index is 15.8. The summed E-state index contributed by atoms with van der Waals surface area (Å²) in [5, 5.41) is 6.14. The Morgan fingerprint density at radius 1 is 1.25 bits per heavy atom. The molecule has 3 aromatic rings. The van der Waals surface area contributed by atoms with Gasteiger partial charge in [0.1, 0.15) is 16.7 Å². The summed E-state index contributed by atoms with van der Waals surface area (Å²) in [5.41, 5.74) is -1.99. The smallest absolute Gasteiger partial charge is 0.407 e. The molecule has 0 radical (unpaired) electrons. The number of pyridine rings is 1. The van der Waals surface area contributed by atoms with Crippen molar-refractivity contribution in [1.29, 1.82) is 0 Å². The van der Waals surface area contributed by atoms with Gasteiger partial charge in [0.15, 0.2) is 5.82 Å². The Labute approximate surface area is 184 Å². The number of aryl methyl sites for hydroxylation is 1. The van der Waals surface area contributed by atoms with E-state index in [0.717, 1.165) is 18.6 Å². The third kappa shape index (κ3) is 4.22. The molecule has 9 nitrogen and oxygen atoms in total. The standard InChI is InChI=1S/C20H23F2N5O4S/c1-20(2,3)17(31-19(28)23-4)14-11-27(32(29,30)12-9-25-26(5)10-12)16(15(14)21)13-7-6-8-24-18(13)22/h6-11,17H,1-5H3,(H,23,28). The fourth-order valence-electron chi connectivity index (χ4n) is 3.17. The van der Waals surface area contributed by atoms with Gasteiger partial charge in [-0.2, -0.15) is 9.49 Å². The molecule has 0 aliphatic carbocycles. The van der Waals surface area contributed by atoms with E-state index in [1.807, 2.05) is 0 Å². The van der Waals surface area contributed by atoms with Crippen molar-refractivity contribution in [3.05, 3.63) is 54.2 Å². The molecule has 32 heavy (non-hydrogen) atoms. The van der Waals surface area contributed by atoms with E-state index in [0.29, 0.717) is 3.97 Å². The Kier molecular flexibility index (Phi) is 6.09. The molecule has 0 aliphatic heterocycles. The lowest BCUT2D eigenvalue weighted by Crippen LogP contribution is -2.29. The first-order chi connectivity index (χ1) is 14.9. The molecule has 3 heterocycles. The van der Waals surface area contributed by atoms with Gasteiger partial charge in [-0.1, -0.05) is 20.8 Å². The zero-order valence-corrected chi connectivity index (χ0v) is 18.9. The van der Waals surface area contributed by atoms with Gasteiger partial charge in [0.25, 0.3) is 10.0 Å². The summed E-state index contributed by atoms with van der Waals surface area (Å²) in [7, 11) is -1.52. The number of alkyl carbamates (subject to hydrolysis) is 1. The molecule has 0 fully saturated rings. The van der Waals surface area contributed by atoms with E-state index in [-0.39, 0.29) is 16.0 Å². The molecule has 0 saturated carbocycles. The van der Waals surface area contributed by atoms with Crippen molar-refractivity contribution in [1.82, 2.24) is 24.1 Å². The van der Waals surface area contributed by atoms with Crippen LogP contribution in [0.1, 0.15) is 32.4 Å². The van der Waals surface area contributed by atoms with Gasteiger partial charge in [-0.3, -0.25) is 4.68 Å². The number of nitrogens with zero attached hydrogens (tertiary/aromatic N) is 4. The summed E-state index contributed by atoms with van der Waals surface area (Å²) in [6.45, 7) is 5.08. The third-order valence-corrected chi connectivity index (χ3v) is 6.30. The monoisotopic (exact) mass is 467 g/mol. The van der Waals surface area contributed by atoms with Crippen LogP contribution in [0.15, 0.2) is 41.8 Å². The van der Waals surface area contributed by atoms with Crippen LogP contribution in [0.2, 0.25) is 0 Å². The minimum atomic E-state index is -4.39. The SMILES string of the molecule is CNC(=O)OC(c1cn(S(=O)(=O)c2cnn(C)c2)c(-c2cccnc2F)c1F)C(C)(C)C. The summed E-state index contributed by atoms with van der Waals surface area (Å²) >= 11 is 0. The minimum Gasteiger partial charge on any atom is -0.441 e. The summed E-state index contributed by atoms with van der Waals surface area (Å²) in [6.07, 6.45) is 2.47. The zero-order chi connectivity index (χ0) is 23.8. The van der Waals surface area contributed by atoms with Crippen molar-refractivity contribution in [3.63, 3.8) is 0 Å². The van der Waals surface area contributed by atoms with E-state index in [4.69, 9.17) is 4.74 Å². The lowest BCUT2D eigenvalue weighted by atomic mass is 9.85. The van der Waals surface area contributed by atoms with Gasteiger partial charge in [0, 0.05) is 43.7 Å². The summed E-state index contributed by atoms with van der Waals surface area (Å²) < 4.78 is 64.3. The van der Waals surface area contributed by atoms with Crippen LogP contribution in [0.4, 0.5) is 13.6 Å². The molecule has 3 aromatic heterocycles.